The van der Waals surface area contributed by atoms with Crippen LogP contribution in [0.25, 0.3) is 21.9 Å². The molecule has 0 saturated carbocycles. The minimum absolute atomic E-state index is 0.369. The monoisotopic (exact) mass is 330 g/mol. The molecule has 0 aliphatic heterocycles. The minimum Gasteiger partial charge on any atom is -0.455 e. The molecule has 1 aromatic heterocycles. The number of aliphatic hydroxyl groups is 1. The predicted molar refractivity (Wildman–Crippen MR) is 97.0 cm³/mol. The van der Waals surface area contributed by atoms with Crippen LogP contribution in [0.1, 0.15) is 27.7 Å². The van der Waals surface area contributed by atoms with Gasteiger partial charge in [-0.2, -0.15) is 0 Å². The number of hydrogen-bond donors (Lipinski definition) is 1. The highest BCUT2D eigenvalue weighted by Crippen LogP contribution is 2.32. The van der Waals surface area contributed by atoms with Gasteiger partial charge in [0.15, 0.2) is 5.58 Å². The Balaban J connectivity index is 2.07. The smallest absolute Gasteiger partial charge is 0.310 e. The lowest BCUT2D eigenvalue weighted by atomic mass is 9.80. The summed E-state index contributed by atoms with van der Waals surface area (Å²) in [7, 11) is 0.369. The SMILES string of the molecule is CC(C)(O)C(C)(C)OBc1ccc(Cl)c2oc3ccccc3c12. The van der Waals surface area contributed by atoms with Crippen molar-refractivity contribution in [1.29, 1.82) is 0 Å². The molecule has 0 radical (unpaired) electrons. The van der Waals surface area contributed by atoms with Crippen molar-refractivity contribution in [3.8, 4) is 0 Å². The molecular weight excluding hydrogens is 310 g/mol. The van der Waals surface area contributed by atoms with Gasteiger partial charge in [0.2, 0.25) is 0 Å². The quantitative estimate of drug-likeness (QED) is 0.740. The van der Waals surface area contributed by atoms with E-state index in [1.807, 2.05) is 50.2 Å². The van der Waals surface area contributed by atoms with Gasteiger partial charge in [-0.05, 0) is 45.3 Å². The first kappa shape index (κ1) is 16.4. The third-order valence-electron chi connectivity index (χ3n) is 4.63. The normalized spacial score (nSPS) is 13.0. The molecule has 0 spiro atoms. The fourth-order valence-corrected chi connectivity index (χ4v) is 2.62. The third kappa shape index (κ3) is 2.87. The van der Waals surface area contributed by atoms with Crippen molar-refractivity contribution in [1.82, 2.24) is 0 Å². The lowest BCUT2D eigenvalue weighted by Gasteiger charge is -2.37. The molecule has 120 valence electrons. The topological polar surface area (TPSA) is 42.6 Å². The summed E-state index contributed by atoms with van der Waals surface area (Å²) in [6.07, 6.45) is 0. The molecule has 2 aromatic carbocycles. The molecule has 0 aliphatic carbocycles. The highest BCUT2D eigenvalue weighted by molar-refractivity contribution is 6.54. The molecule has 0 fully saturated rings. The van der Waals surface area contributed by atoms with Crippen molar-refractivity contribution in [2.45, 2.75) is 38.9 Å². The second kappa shape index (κ2) is 5.55. The van der Waals surface area contributed by atoms with E-state index in [4.69, 9.17) is 20.7 Å². The maximum Gasteiger partial charge on any atom is 0.310 e. The fourth-order valence-electron chi connectivity index (χ4n) is 2.42. The average Bonchev–Trinajstić information content (AvgIpc) is 2.86. The van der Waals surface area contributed by atoms with Crippen LogP contribution in [0.5, 0.6) is 0 Å². The summed E-state index contributed by atoms with van der Waals surface area (Å²) >= 11 is 6.29. The van der Waals surface area contributed by atoms with Gasteiger partial charge in [0.05, 0.1) is 16.2 Å². The molecule has 0 aliphatic rings. The molecule has 23 heavy (non-hydrogen) atoms. The molecular formula is C18H20BClO3. The first-order chi connectivity index (χ1) is 10.7. The largest absolute Gasteiger partial charge is 0.455 e. The van der Waals surface area contributed by atoms with Gasteiger partial charge < -0.3 is 14.2 Å². The summed E-state index contributed by atoms with van der Waals surface area (Å²) in [6.45, 7) is 7.26. The van der Waals surface area contributed by atoms with Gasteiger partial charge >= 0.3 is 7.48 Å². The van der Waals surface area contributed by atoms with Gasteiger partial charge in [0.25, 0.3) is 0 Å². The van der Waals surface area contributed by atoms with Gasteiger partial charge in [0, 0.05) is 10.8 Å². The first-order valence-corrected chi connectivity index (χ1v) is 8.03. The molecule has 0 bridgehead atoms. The average molecular weight is 331 g/mol. The summed E-state index contributed by atoms with van der Waals surface area (Å²) in [5.74, 6) is 0. The van der Waals surface area contributed by atoms with Crippen LogP contribution in [0.4, 0.5) is 0 Å². The maximum atomic E-state index is 10.2. The fraction of sp³-hybridized carbons (Fsp3) is 0.333. The molecule has 0 amide bonds. The van der Waals surface area contributed by atoms with E-state index in [-0.39, 0.29) is 0 Å². The number of para-hydroxylation sites is 1. The van der Waals surface area contributed by atoms with E-state index in [0.29, 0.717) is 18.1 Å². The highest BCUT2D eigenvalue weighted by atomic mass is 35.5. The van der Waals surface area contributed by atoms with Crippen molar-refractivity contribution in [2.75, 3.05) is 0 Å². The van der Waals surface area contributed by atoms with Crippen LogP contribution in [0.3, 0.4) is 0 Å². The highest BCUT2D eigenvalue weighted by Gasteiger charge is 2.35. The Bertz CT molecular complexity index is 862. The number of halogens is 1. The van der Waals surface area contributed by atoms with E-state index in [0.717, 1.165) is 21.8 Å². The summed E-state index contributed by atoms with van der Waals surface area (Å²) < 4.78 is 11.9. The summed E-state index contributed by atoms with van der Waals surface area (Å²) in [5, 5.41) is 12.8. The van der Waals surface area contributed by atoms with Crippen molar-refractivity contribution in [2.24, 2.45) is 0 Å². The summed E-state index contributed by atoms with van der Waals surface area (Å²) in [4.78, 5) is 0. The standard InChI is InChI=1S/C18H20BClO3/c1-17(2,21)18(3,4)23-19-12-9-10-13(20)16-15(12)11-7-5-6-8-14(11)22-16/h5-10,19,21H,1-4H3. The van der Waals surface area contributed by atoms with Crippen LogP contribution >= 0.6 is 11.6 Å². The van der Waals surface area contributed by atoms with E-state index < -0.39 is 11.2 Å². The third-order valence-corrected chi connectivity index (χ3v) is 4.92. The Kier molecular flexibility index (Phi) is 3.95. The Labute approximate surface area is 141 Å². The van der Waals surface area contributed by atoms with Crippen LogP contribution in [-0.4, -0.2) is 23.8 Å². The van der Waals surface area contributed by atoms with E-state index in [2.05, 4.69) is 0 Å². The lowest BCUT2D eigenvalue weighted by Crippen LogP contribution is -2.49. The van der Waals surface area contributed by atoms with Crippen LogP contribution < -0.4 is 5.46 Å². The Morgan fingerprint density at radius 1 is 1.09 bits per heavy atom. The van der Waals surface area contributed by atoms with Crippen molar-refractivity contribution in [3.63, 3.8) is 0 Å². The number of rotatable bonds is 4. The molecule has 0 atom stereocenters. The first-order valence-electron chi connectivity index (χ1n) is 7.66. The Morgan fingerprint density at radius 2 is 1.78 bits per heavy atom. The van der Waals surface area contributed by atoms with Gasteiger partial charge in [-0.1, -0.05) is 35.9 Å². The van der Waals surface area contributed by atoms with Crippen LogP contribution in [-0.2, 0) is 4.65 Å². The second-order valence-electron chi connectivity index (χ2n) is 6.87. The molecule has 3 aromatic rings. The zero-order valence-corrected chi connectivity index (χ0v) is 14.6. The molecule has 5 heteroatoms. The summed E-state index contributed by atoms with van der Waals surface area (Å²) in [5.41, 5.74) is 0.843. The number of benzene rings is 2. The number of hydrogen-bond acceptors (Lipinski definition) is 3. The molecule has 1 N–H and O–H groups in total. The van der Waals surface area contributed by atoms with Gasteiger partial charge in [-0.3, -0.25) is 0 Å². The van der Waals surface area contributed by atoms with Crippen molar-refractivity contribution < 1.29 is 14.2 Å². The Hall–Kier alpha value is -1.49. The maximum absolute atomic E-state index is 10.2. The molecule has 0 unspecified atom stereocenters. The van der Waals surface area contributed by atoms with Gasteiger partial charge in [-0.25, -0.2) is 0 Å². The zero-order valence-electron chi connectivity index (χ0n) is 13.8. The summed E-state index contributed by atoms with van der Waals surface area (Å²) in [6, 6.07) is 11.6. The molecule has 3 nitrogen and oxygen atoms in total. The molecule has 1 heterocycles. The number of fused-ring (bicyclic) bond motifs is 3. The predicted octanol–water partition coefficient (Wildman–Crippen LogP) is 3.78. The zero-order chi connectivity index (χ0) is 16.8. The number of furan rings is 1. The van der Waals surface area contributed by atoms with Crippen molar-refractivity contribution >= 4 is 46.5 Å². The van der Waals surface area contributed by atoms with Crippen molar-refractivity contribution in [3.05, 3.63) is 41.4 Å². The second-order valence-corrected chi connectivity index (χ2v) is 7.27. The van der Waals surface area contributed by atoms with E-state index in [9.17, 15) is 5.11 Å². The van der Waals surface area contributed by atoms with Crippen LogP contribution in [0.2, 0.25) is 5.02 Å². The van der Waals surface area contributed by atoms with Crippen LogP contribution in [0.15, 0.2) is 40.8 Å². The van der Waals surface area contributed by atoms with E-state index in [1.165, 1.54) is 0 Å². The van der Waals surface area contributed by atoms with Crippen LogP contribution in [0, 0.1) is 0 Å². The molecule has 0 saturated heterocycles. The Morgan fingerprint density at radius 3 is 2.48 bits per heavy atom. The van der Waals surface area contributed by atoms with Gasteiger partial charge in [-0.15, -0.1) is 0 Å². The molecule has 3 rings (SSSR count). The van der Waals surface area contributed by atoms with Gasteiger partial charge in [0.1, 0.15) is 5.58 Å². The van der Waals surface area contributed by atoms with E-state index in [1.54, 1.807) is 13.8 Å². The minimum atomic E-state index is -0.947. The van der Waals surface area contributed by atoms with E-state index >= 15 is 0 Å². The lowest BCUT2D eigenvalue weighted by molar-refractivity contribution is -0.0893.